The molecule has 0 saturated carbocycles. The molecule has 2 aliphatic heterocycles. The van der Waals surface area contributed by atoms with Crippen molar-refractivity contribution < 1.29 is 14.3 Å². The van der Waals surface area contributed by atoms with Gasteiger partial charge in [-0.1, -0.05) is 24.3 Å². The van der Waals surface area contributed by atoms with Crippen molar-refractivity contribution in [2.24, 2.45) is 5.92 Å². The van der Waals surface area contributed by atoms with Gasteiger partial charge in [0.25, 0.3) is 5.91 Å². The summed E-state index contributed by atoms with van der Waals surface area (Å²) in [6, 6.07) is 16.2. The first-order valence-electron chi connectivity index (χ1n) is 12.9. The van der Waals surface area contributed by atoms with E-state index in [2.05, 4.69) is 34.1 Å². The SMILES string of the molecule is O=C(c1cccc(OCCN2CCOCC2)c1)N1CCC[C@H](Cc2cccc3ccncc23)CC1. The number of morpholine rings is 1. The highest BCUT2D eigenvalue weighted by molar-refractivity contribution is 5.94. The van der Waals surface area contributed by atoms with Crippen LogP contribution in [-0.2, 0) is 11.2 Å². The monoisotopic (exact) mass is 473 g/mol. The van der Waals surface area contributed by atoms with Gasteiger partial charge in [0, 0.05) is 56.1 Å². The van der Waals surface area contributed by atoms with Crippen molar-refractivity contribution in [3.05, 3.63) is 72.1 Å². The molecule has 2 fully saturated rings. The molecule has 35 heavy (non-hydrogen) atoms. The zero-order chi connectivity index (χ0) is 23.9. The number of hydrogen-bond acceptors (Lipinski definition) is 5. The van der Waals surface area contributed by atoms with Gasteiger partial charge in [-0.05, 0) is 66.8 Å². The number of rotatable bonds is 7. The van der Waals surface area contributed by atoms with Crippen LogP contribution in [0.3, 0.4) is 0 Å². The zero-order valence-corrected chi connectivity index (χ0v) is 20.4. The Kier molecular flexibility index (Phi) is 7.91. The van der Waals surface area contributed by atoms with Crippen molar-refractivity contribution in [2.45, 2.75) is 25.7 Å². The molecule has 1 atom stereocenters. The highest BCUT2D eigenvalue weighted by Gasteiger charge is 2.22. The van der Waals surface area contributed by atoms with Crippen molar-refractivity contribution in [1.29, 1.82) is 0 Å². The maximum Gasteiger partial charge on any atom is 0.253 e. The largest absolute Gasteiger partial charge is 0.492 e. The Labute approximate surface area is 207 Å². The first-order valence-corrected chi connectivity index (χ1v) is 12.9. The van der Waals surface area contributed by atoms with Crippen LogP contribution in [-0.4, -0.2) is 73.2 Å². The van der Waals surface area contributed by atoms with E-state index in [9.17, 15) is 4.79 Å². The number of pyridine rings is 1. The minimum absolute atomic E-state index is 0.110. The fourth-order valence-corrected chi connectivity index (χ4v) is 5.26. The van der Waals surface area contributed by atoms with Gasteiger partial charge in [-0.2, -0.15) is 0 Å². The van der Waals surface area contributed by atoms with Crippen molar-refractivity contribution in [3.8, 4) is 5.75 Å². The smallest absolute Gasteiger partial charge is 0.253 e. The van der Waals surface area contributed by atoms with E-state index < -0.39 is 0 Å². The standard InChI is InChI=1S/C29H35N3O3/c33-29(26-7-2-8-27(21-26)35-19-16-31-14-17-34-18-15-31)32-12-3-4-23(10-13-32)20-25-6-1-5-24-9-11-30-22-28(24)25/h1-2,5-9,11,21-23H,3-4,10,12-20H2/t23-/m0/s1. The van der Waals surface area contributed by atoms with Crippen molar-refractivity contribution in [2.75, 3.05) is 52.5 Å². The normalized spacial score (nSPS) is 19.4. The van der Waals surface area contributed by atoms with Crippen LogP contribution in [0.5, 0.6) is 5.75 Å². The summed E-state index contributed by atoms with van der Waals surface area (Å²) in [7, 11) is 0. The van der Waals surface area contributed by atoms with Gasteiger partial charge >= 0.3 is 0 Å². The average Bonchev–Trinajstić information content (AvgIpc) is 3.15. The van der Waals surface area contributed by atoms with Gasteiger partial charge in [0.05, 0.1) is 13.2 Å². The van der Waals surface area contributed by atoms with Gasteiger partial charge in [-0.15, -0.1) is 0 Å². The third kappa shape index (κ3) is 6.19. The molecule has 3 heterocycles. The van der Waals surface area contributed by atoms with E-state index >= 15 is 0 Å². The Balaban J connectivity index is 1.16. The second-order valence-corrected chi connectivity index (χ2v) is 9.64. The van der Waals surface area contributed by atoms with Crippen LogP contribution >= 0.6 is 0 Å². The molecule has 2 aromatic carbocycles. The van der Waals surface area contributed by atoms with Crippen LogP contribution in [0, 0.1) is 5.92 Å². The minimum Gasteiger partial charge on any atom is -0.492 e. The van der Waals surface area contributed by atoms with Crippen LogP contribution < -0.4 is 4.74 Å². The fourth-order valence-electron chi connectivity index (χ4n) is 5.26. The number of ether oxygens (including phenoxy) is 2. The molecular formula is C29H35N3O3. The topological polar surface area (TPSA) is 54.9 Å². The Hall–Kier alpha value is -2.96. The van der Waals surface area contributed by atoms with E-state index in [0.29, 0.717) is 18.1 Å². The van der Waals surface area contributed by atoms with Crippen molar-refractivity contribution in [1.82, 2.24) is 14.8 Å². The molecule has 0 unspecified atom stereocenters. The average molecular weight is 474 g/mol. The molecule has 6 heteroatoms. The first-order chi connectivity index (χ1) is 17.3. The summed E-state index contributed by atoms with van der Waals surface area (Å²) in [6.07, 6.45) is 8.08. The molecular weight excluding hydrogens is 438 g/mol. The summed E-state index contributed by atoms with van der Waals surface area (Å²) in [5, 5.41) is 2.49. The van der Waals surface area contributed by atoms with Crippen LogP contribution in [0.2, 0.25) is 0 Å². The van der Waals surface area contributed by atoms with E-state index in [4.69, 9.17) is 9.47 Å². The van der Waals surface area contributed by atoms with Gasteiger partial charge in [-0.3, -0.25) is 14.7 Å². The molecule has 2 aliphatic rings. The van der Waals surface area contributed by atoms with Crippen LogP contribution in [0.25, 0.3) is 10.8 Å². The highest BCUT2D eigenvalue weighted by atomic mass is 16.5. The zero-order valence-electron chi connectivity index (χ0n) is 20.4. The molecule has 0 spiro atoms. The fraction of sp³-hybridized carbons (Fsp3) is 0.448. The predicted octanol–water partition coefficient (Wildman–Crippen LogP) is 4.43. The lowest BCUT2D eigenvalue weighted by Gasteiger charge is -2.26. The lowest BCUT2D eigenvalue weighted by Crippen LogP contribution is -2.38. The highest BCUT2D eigenvalue weighted by Crippen LogP contribution is 2.27. The maximum atomic E-state index is 13.3. The molecule has 5 rings (SSSR count). The number of nitrogens with zero attached hydrogens (tertiary/aromatic N) is 3. The summed E-state index contributed by atoms with van der Waals surface area (Å²) < 4.78 is 11.4. The molecule has 184 valence electrons. The molecule has 1 amide bonds. The molecule has 0 radical (unpaired) electrons. The third-order valence-corrected chi connectivity index (χ3v) is 7.28. The maximum absolute atomic E-state index is 13.3. The number of fused-ring (bicyclic) bond motifs is 1. The first kappa shape index (κ1) is 23.8. The number of hydrogen-bond donors (Lipinski definition) is 0. The van der Waals surface area contributed by atoms with Crippen LogP contribution in [0.15, 0.2) is 60.9 Å². The summed E-state index contributed by atoms with van der Waals surface area (Å²) in [4.78, 5) is 22.0. The van der Waals surface area contributed by atoms with E-state index in [0.717, 1.165) is 77.4 Å². The summed E-state index contributed by atoms with van der Waals surface area (Å²) in [5.41, 5.74) is 2.08. The number of likely N-dealkylation sites (tertiary alicyclic amines) is 1. The number of aromatic nitrogens is 1. The molecule has 1 aromatic heterocycles. The quantitative estimate of drug-likeness (QED) is 0.508. The lowest BCUT2D eigenvalue weighted by molar-refractivity contribution is 0.0322. The van der Waals surface area contributed by atoms with Gasteiger partial charge < -0.3 is 14.4 Å². The Morgan fingerprint density at radius 2 is 1.91 bits per heavy atom. The Morgan fingerprint density at radius 1 is 1.03 bits per heavy atom. The van der Waals surface area contributed by atoms with Crippen LogP contribution in [0.1, 0.15) is 35.2 Å². The van der Waals surface area contributed by atoms with Crippen molar-refractivity contribution in [3.63, 3.8) is 0 Å². The van der Waals surface area contributed by atoms with Gasteiger partial charge in [0.1, 0.15) is 12.4 Å². The second-order valence-electron chi connectivity index (χ2n) is 9.64. The second kappa shape index (κ2) is 11.6. The molecule has 6 nitrogen and oxygen atoms in total. The molecule has 0 aliphatic carbocycles. The number of amides is 1. The molecule has 0 N–H and O–H groups in total. The minimum atomic E-state index is 0.110. The van der Waals surface area contributed by atoms with E-state index in [1.807, 2.05) is 41.6 Å². The number of carbonyl (C=O) groups is 1. The van der Waals surface area contributed by atoms with E-state index in [1.165, 1.54) is 16.3 Å². The number of carbonyl (C=O) groups excluding carboxylic acids is 1. The summed E-state index contributed by atoms with van der Waals surface area (Å²) in [6.45, 7) is 6.60. The predicted molar refractivity (Wildman–Crippen MR) is 138 cm³/mol. The van der Waals surface area contributed by atoms with Gasteiger partial charge in [-0.25, -0.2) is 0 Å². The summed E-state index contributed by atoms with van der Waals surface area (Å²) in [5.74, 6) is 1.45. The van der Waals surface area contributed by atoms with Gasteiger partial charge in [0.15, 0.2) is 0 Å². The molecule has 0 bridgehead atoms. The van der Waals surface area contributed by atoms with E-state index in [-0.39, 0.29) is 5.91 Å². The third-order valence-electron chi connectivity index (χ3n) is 7.28. The Bertz CT molecular complexity index is 1120. The van der Waals surface area contributed by atoms with Crippen LogP contribution in [0.4, 0.5) is 0 Å². The Morgan fingerprint density at radius 3 is 2.83 bits per heavy atom. The van der Waals surface area contributed by atoms with E-state index in [1.54, 1.807) is 0 Å². The van der Waals surface area contributed by atoms with Crippen molar-refractivity contribution >= 4 is 16.7 Å². The molecule has 3 aromatic rings. The van der Waals surface area contributed by atoms with Gasteiger partial charge in [0.2, 0.25) is 0 Å². The molecule has 2 saturated heterocycles. The number of benzene rings is 2. The summed E-state index contributed by atoms with van der Waals surface area (Å²) >= 11 is 0. The lowest BCUT2D eigenvalue weighted by atomic mass is 9.91.